The number of hydrogen-bond acceptors (Lipinski definition) is 5. The van der Waals surface area contributed by atoms with Crippen molar-refractivity contribution in [2.75, 3.05) is 40.5 Å². The van der Waals surface area contributed by atoms with Gasteiger partial charge < -0.3 is 24.0 Å². The Labute approximate surface area is 223 Å². The van der Waals surface area contributed by atoms with Crippen LogP contribution in [0.2, 0.25) is 0 Å². The molecule has 2 aromatic rings. The van der Waals surface area contributed by atoms with Gasteiger partial charge in [0.1, 0.15) is 23.9 Å². The summed E-state index contributed by atoms with van der Waals surface area (Å²) in [6.07, 6.45) is 3.96. The van der Waals surface area contributed by atoms with E-state index in [2.05, 4.69) is 44.4 Å². The van der Waals surface area contributed by atoms with Crippen molar-refractivity contribution in [2.24, 2.45) is 0 Å². The number of nitrogens with zero attached hydrogens (tertiary/aromatic N) is 2. The second-order valence-corrected chi connectivity index (χ2v) is 10.2. The molecule has 0 atom stereocenters. The molecule has 6 nitrogen and oxygen atoms in total. The molecule has 1 aliphatic heterocycles. The number of ether oxygens (including phenoxy) is 3. The van der Waals surface area contributed by atoms with Crippen LogP contribution in [0.4, 0.5) is 0 Å². The number of rotatable bonds is 14. The van der Waals surface area contributed by atoms with Crippen LogP contribution in [0.3, 0.4) is 0 Å². The Bertz CT molecular complexity index is 1090. The van der Waals surface area contributed by atoms with Crippen LogP contribution >= 0.6 is 0 Å². The molecule has 2 aromatic carbocycles. The van der Waals surface area contributed by atoms with Crippen molar-refractivity contribution in [3.8, 4) is 17.2 Å². The van der Waals surface area contributed by atoms with E-state index in [0.29, 0.717) is 44.2 Å². The lowest BCUT2D eigenvalue weighted by Crippen LogP contribution is -2.26. The molecule has 0 radical (unpaired) electrons. The maximum atomic E-state index is 13.9. The van der Waals surface area contributed by atoms with Crippen LogP contribution in [-0.2, 0) is 13.1 Å². The summed E-state index contributed by atoms with van der Waals surface area (Å²) in [7, 11) is 4.06. The topological polar surface area (TPSA) is 51.2 Å². The number of likely N-dealkylation sites (N-methyl/N-ethyl adjacent to an activating group) is 1. The molecule has 0 aromatic heterocycles. The SMILES string of the molecule is C=C(C)c1cc(C(=O)N2Cc3cc(OCCN(C)C)cc(C)c3C2)c(OCCCC)cc1OCCCC. The van der Waals surface area contributed by atoms with Crippen LogP contribution in [-0.4, -0.2) is 56.2 Å². The molecular formula is C31H44N2O4. The Morgan fingerprint density at radius 3 is 2.16 bits per heavy atom. The Balaban J connectivity index is 1.87. The quantitative estimate of drug-likeness (QED) is 0.273. The van der Waals surface area contributed by atoms with Gasteiger partial charge in [-0.15, -0.1) is 0 Å². The van der Waals surface area contributed by atoms with Gasteiger partial charge in [-0.1, -0.05) is 33.3 Å². The Kier molecular flexibility index (Phi) is 10.4. The molecule has 0 spiro atoms. The molecule has 0 fully saturated rings. The normalized spacial score (nSPS) is 12.6. The molecule has 0 aliphatic carbocycles. The fourth-order valence-electron chi connectivity index (χ4n) is 4.37. The van der Waals surface area contributed by atoms with Crippen molar-refractivity contribution in [1.29, 1.82) is 0 Å². The van der Waals surface area contributed by atoms with Crippen molar-refractivity contribution in [3.05, 3.63) is 58.7 Å². The van der Waals surface area contributed by atoms with Gasteiger partial charge in [-0.25, -0.2) is 0 Å². The smallest absolute Gasteiger partial charge is 0.258 e. The lowest BCUT2D eigenvalue weighted by molar-refractivity contribution is 0.0746. The van der Waals surface area contributed by atoms with Gasteiger partial charge >= 0.3 is 0 Å². The van der Waals surface area contributed by atoms with Gasteiger partial charge in [0.15, 0.2) is 0 Å². The van der Waals surface area contributed by atoms with E-state index < -0.39 is 0 Å². The average molecular weight is 509 g/mol. The number of unbranched alkanes of at least 4 members (excludes halogenated alkanes) is 2. The first-order chi connectivity index (χ1) is 17.7. The number of amides is 1. The standard InChI is InChI=1S/C31H44N2O4/c1-8-10-13-36-29-19-30(37-14-11-9-2)27(18-26(29)22(3)4)31(34)33-20-24-17-25(35-15-12-32(6)7)16-23(5)28(24)21-33/h16-19H,3,8-15,20-21H2,1-2,4-7H3. The molecule has 0 bridgehead atoms. The number of carbonyl (C=O) groups is 1. The number of hydrogen-bond donors (Lipinski definition) is 0. The summed E-state index contributed by atoms with van der Waals surface area (Å²) in [6, 6.07) is 7.93. The first-order valence-electron chi connectivity index (χ1n) is 13.5. The predicted molar refractivity (Wildman–Crippen MR) is 151 cm³/mol. The third-order valence-corrected chi connectivity index (χ3v) is 6.63. The van der Waals surface area contributed by atoms with E-state index in [1.54, 1.807) is 0 Å². The maximum Gasteiger partial charge on any atom is 0.258 e. The molecule has 6 heteroatoms. The maximum absolute atomic E-state index is 13.9. The van der Waals surface area contributed by atoms with E-state index in [0.717, 1.165) is 66.0 Å². The minimum Gasteiger partial charge on any atom is -0.493 e. The summed E-state index contributed by atoms with van der Waals surface area (Å²) in [5.74, 6) is 2.12. The Morgan fingerprint density at radius 2 is 1.57 bits per heavy atom. The van der Waals surface area contributed by atoms with Crippen molar-refractivity contribution in [1.82, 2.24) is 9.80 Å². The highest BCUT2D eigenvalue weighted by Gasteiger charge is 2.29. The zero-order chi connectivity index (χ0) is 26.9. The van der Waals surface area contributed by atoms with Crippen LogP contribution in [0.5, 0.6) is 17.2 Å². The summed E-state index contributed by atoms with van der Waals surface area (Å²) >= 11 is 0. The largest absolute Gasteiger partial charge is 0.493 e. The minimum atomic E-state index is -0.0419. The van der Waals surface area contributed by atoms with E-state index in [1.807, 2.05) is 38.1 Å². The highest BCUT2D eigenvalue weighted by molar-refractivity contribution is 5.98. The zero-order valence-corrected chi connectivity index (χ0v) is 23.6. The highest BCUT2D eigenvalue weighted by atomic mass is 16.5. The first-order valence-corrected chi connectivity index (χ1v) is 13.5. The van der Waals surface area contributed by atoms with Gasteiger partial charge in [0.05, 0.1) is 18.8 Å². The molecule has 1 heterocycles. The van der Waals surface area contributed by atoms with Crippen LogP contribution in [0.1, 0.15) is 79.1 Å². The third kappa shape index (κ3) is 7.51. The van der Waals surface area contributed by atoms with E-state index >= 15 is 0 Å². The van der Waals surface area contributed by atoms with Crippen molar-refractivity contribution < 1.29 is 19.0 Å². The molecule has 1 amide bonds. The monoisotopic (exact) mass is 508 g/mol. The lowest BCUT2D eigenvalue weighted by atomic mass is 10.0. The van der Waals surface area contributed by atoms with Gasteiger partial charge in [0, 0.05) is 31.3 Å². The number of allylic oxidation sites excluding steroid dienone is 1. The predicted octanol–water partition coefficient (Wildman–Crippen LogP) is 6.48. The van der Waals surface area contributed by atoms with Gasteiger partial charge in [-0.05, 0) is 81.2 Å². The summed E-state index contributed by atoms with van der Waals surface area (Å²) < 4.78 is 18.2. The molecule has 3 rings (SSSR count). The van der Waals surface area contributed by atoms with Crippen LogP contribution in [0.25, 0.3) is 5.57 Å². The number of carbonyl (C=O) groups excluding carboxylic acids is 1. The highest BCUT2D eigenvalue weighted by Crippen LogP contribution is 2.37. The van der Waals surface area contributed by atoms with Crippen LogP contribution in [0.15, 0.2) is 30.8 Å². The Hall–Kier alpha value is -2.99. The molecule has 0 N–H and O–H groups in total. The molecule has 37 heavy (non-hydrogen) atoms. The van der Waals surface area contributed by atoms with E-state index in [-0.39, 0.29) is 5.91 Å². The van der Waals surface area contributed by atoms with Crippen molar-refractivity contribution in [3.63, 3.8) is 0 Å². The molecular weight excluding hydrogens is 464 g/mol. The lowest BCUT2D eigenvalue weighted by Gasteiger charge is -2.21. The van der Waals surface area contributed by atoms with Crippen molar-refractivity contribution >= 4 is 11.5 Å². The second kappa shape index (κ2) is 13.5. The van der Waals surface area contributed by atoms with Gasteiger partial charge in [0.2, 0.25) is 0 Å². The minimum absolute atomic E-state index is 0.0419. The molecule has 202 valence electrons. The van der Waals surface area contributed by atoms with Gasteiger partial charge in [0.25, 0.3) is 5.91 Å². The molecule has 1 aliphatic rings. The van der Waals surface area contributed by atoms with Crippen LogP contribution in [0, 0.1) is 6.92 Å². The van der Waals surface area contributed by atoms with Gasteiger partial charge in [-0.3, -0.25) is 4.79 Å². The first kappa shape index (κ1) is 28.6. The van der Waals surface area contributed by atoms with Gasteiger partial charge in [-0.2, -0.15) is 0 Å². The average Bonchev–Trinajstić information content (AvgIpc) is 3.28. The van der Waals surface area contributed by atoms with Crippen molar-refractivity contribution in [2.45, 2.75) is 66.5 Å². The zero-order valence-electron chi connectivity index (χ0n) is 23.6. The third-order valence-electron chi connectivity index (χ3n) is 6.63. The number of benzene rings is 2. The number of fused-ring (bicyclic) bond motifs is 1. The summed E-state index contributed by atoms with van der Waals surface area (Å²) in [4.78, 5) is 17.9. The van der Waals surface area contributed by atoms with E-state index in [1.165, 1.54) is 5.56 Å². The fraction of sp³-hybridized carbons (Fsp3) is 0.516. The fourth-order valence-corrected chi connectivity index (χ4v) is 4.37. The number of aryl methyl sites for hydroxylation is 1. The molecule has 0 saturated carbocycles. The summed E-state index contributed by atoms with van der Waals surface area (Å²) in [6.45, 7) is 16.2. The summed E-state index contributed by atoms with van der Waals surface area (Å²) in [5, 5.41) is 0. The Morgan fingerprint density at radius 1 is 0.919 bits per heavy atom. The summed E-state index contributed by atoms with van der Waals surface area (Å²) in [5.41, 5.74) is 5.76. The molecule has 0 unspecified atom stereocenters. The van der Waals surface area contributed by atoms with Crippen LogP contribution < -0.4 is 14.2 Å². The second-order valence-electron chi connectivity index (χ2n) is 10.2. The van der Waals surface area contributed by atoms with E-state index in [9.17, 15) is 4.79 Å². The molecule has 0 saturated heterocycles. The van der Waals surface area contributed by atoms with E-state index in [4.69, 9.17) is 14.2 Å².